The first-order valence-electron chi connectivity index (χ1n) is 5.57. The Hall–Kier alpha value is -2.42. The fourth-order valence-electron chi connectivity index (χ4n) is 1.61. The molecule has 0 atom stereocenters. The first-order valence-corrected chi connectivity index (χ1v) is 5.57. The highest BCUT2D eigenvalue weighted by atomic mass is 19.4. The maximum Gasteiger partial charge on any atom is 0.416 e. The maximum absolute atomic E-state index is 13.0. The van der Waals surface area contributed by atoms with Gasteiger partial charge in [0.15, 0.2) is 0 Å². The molecule has 0 aliphatic heterocycles. The number of nitrogens with one attached hydrogen (secondary N) is 2. The van der Waals surface area contributed by atoms with Crippen molar-refractivity contribution in [3.63, 3.8) is 0 Å². The minimum absolute atomic E-state index is 0.0812. The van der Waals surface area contributed by atoms with Crippen LogP contribution >= 0.6 is 0 Å². The fraction of sp³-hybridized carbons (Fsp3) is 0.0833. The lowest BCUT2D eigenvalue weighted by molar-refractivity contribution is -0.137. The van der Waals surface area contributed by atoms with Gasteiger partial charge < -0.3 is 10.7 Å². The van der Waals surface area contributed by atoms with Crippen molar-refractivity contribution in [1.82, 2.24) is 4.98 Å². The topological polar surface area (TPSA) is 63.0 Å². The molecule has 0 radical (unpaired) electrons. The van der Waals surface area contributed by atoms with Crippen LogP contribution in [-0.2, 0) is 6.18 Å². The van der Waals surface area contributed by atoms with Gasteiger partial charge in [-0.15, -0.1) is 0 Å². The van der Waals surface area contributed by atoms with E-state index < -0.39 is 23.4 Å². The molecule has 2 rings (SSSR count). The van der Waals surface area contributed by atoms with Crippen LogP contribution in [0.3, 0.4) is 0 Å². The standard InChI is InChI=1S/C12H9F5N4/c13-7-3-8(14)5-9(4-7)19-10-1-6(12(15,16)17)2-11(20-10)21-18/h1-5H,18H2,(H2,19,20,21). The molecule has 4 N–H and O–H groups in total. The van der Waals surface area contributed by atoms with E-state index in [1.807, 2.05) is 5.43 Å². The van der Waals surface area contributed by atoms with E-state index in [2.05, 4.69) is 10.3 Å². The van der Waals surface area contributed by atoms with Gasteiger partial charge in [-0.1, -0.05) is 0 Å². The van der Waals surface area contributed by atoms with E-state index in [1.165, 1.54) is 0 Å². The van der Waals surface area contributed by atoms with Crippen LogP contribution in [0, 0.1) is 11.6 Å². The van der Waals surface area contributed by atoms with Crippen LogP contribution in [0.25, 0.3) is 0 Å². The lowest BCUT2D eigenvalue weighted by Crippen LogP contribution is -2.13. The smallest absolute Gasteiger partial charge is 0.340 e. The molecule has 0 saturated heterocycles. The fourth-order valence-corrected chi connectivity index (χ4v) is 1.61. The molecule has 1 aromatic heterocycles. The molecule has 0 saturated carbocycles. The predicted octanol–water partition coefficient (Wildman–Crippen LogP) is 3.41. The maximum atomic E-state index is 13.0. The number of rotatable bonds is 3. The Bertz CT molecular complexity index is 636. The lowest BCUT2D eigenvalue weighted by Gasteiger charge is -2.12. The summed E-state index contributed by atoms with van der Waals surface area (Å²) in [5.74, 6) is 2.79. The summed E-state index contributed by atoms with van der Waals surface area (Å²) in [5.41, 5.74) is 0.899. The lowest BCUT2D eigenvalue weighted by atomic mass is 10.2. The molecule has 4 nitrogen and oxygen atoms in total. The van der Waals surface area contributed by atoms with E-state index in [1.54, 1.807) is 0 Å². The molecule has 9 heteroatoms. The largest absolute Gasteiger partial charge is 0.416 e. The minimum atomic E-state index is -4.61. The number of aromatic nitrogens is 1. The SMILES string of the molecule is NNc1cc(C(F)(F)F)cc(Nc2cc(F)cc(F)c2)n1. The van der Waals surface area contributed by atoms with Crippen LogP contribution < -0.4 is 16.6 Å². The third-order valence-corrected chi connectivity index (χ3v) is 2.44. The quantitative estimate of drug-likeness (QED) is 0.462. The summed E-state index contributed by atoms with van der Waals surface area (Å²) in [4.78, 5) is 3.73. The number of benzene rings is 1. The van der Waals surface area contributed by atoms with E-state index in [9.17, 15) is 22.0 Å². The van der Waals surface area contributed by atoms with Gasteiger partial charge in [0, 0.05) is 11.8 Å². The van der Waals surface area contributed by atoms with E-state index >= 15 is 0 Å². The molecule has 2 aromatic rings. The average molecular weight is 304 g/mol. The van der Waals surface area contributed by atoms with Crippen molar-refractivity contribution >= 4 is 17.3 Å². The number of alkyl halides is 3. The van der Waals surface area contributed by atoms with Gasteiger partial charge in [-0.25, -0.2) is 19.6 Å². The third-order valence-electron chi connectivity index (χ3n) is 2.44. The first kappa shape index (κ1) is 15.0. The van der Waals surface area contributed by atoms with Gasteiger partial charge in [-0.2, -0.15) is 13.2 Å². The Morgan fingerprint density at radius 1 is 0.905 bits per heavy atom. The summed E-state index contributed by atoms with van der Waals surface area (Å²) < 4.78 is 64.2. The van der Waals surface area contributed by atoms with Crippen molar-refractivity contribution < 1.29 is 22.0 Å². The number of pyridine rings is 1. The summed E-state index contributed by atoms with van der Waals surface area (Å²) in [6, 6.07) is 3.87. The molecular formula is C12H9F5N4. The monoisotopic (exact) mass is 304 g/mol. The molecular weight excluding hydrogens is 295 g/mol. The Morgan fingerprint density at radius 3 is 2.00 bits per heavy atom. The summed E-state index contributed by atoms with van der Waals surface area (Å²) in [7, 11) is 0. The van der Waals surface area contributed by atoms with Crippen LogP contribution in [0.4, 0.5) is 39.3 Å². The number of nitrogens with zero attached hydrogens (tertiary/aromatic N) is 1. The molecule has 1 heterocycles. The normalized spacial score (nSPS) is 11.3. The van der Waals surface area contributed by atoms with E-state index in [4.69, 9.17) is 5.84 Å². The Labute approximate surface area is 115 Å². The van der Waals surface area contributed by atoms with Gasteiger partial charge in [0.25, 0.3) is 0 Å². The molecule has 21 heavy (non-hydrogen) atoms. The average Bonchev–Trinajstić information content (AvgIpc) is 2.36. The highest BCUT2D eigenvalue weighted by Gasteiger charge is 2.31. The van der Waals surface area contributed by atoms with Gasteiger partial charge in [0.1, 0.15) is 23.3 Å². The van der Waals surface area contributed by atoms with Crippen molar-refractivity contribution in [1.29, 1.82) is 0 Å². The Morgan fingerprint density at radius 2 is 1.48 bits per heavy atom. The summed E-state index contributed by atoms with van der Waals surface area (Å²) in [5, 5.41) is 2.39. The second-order valence-electron chi connectivity index (χ2n) is 4.05. The van der Waals surface area contributed by atoms with Crippen LogP contribution in [0.15, 0.2) is 30.3 Å². The zero-order chi connectivity index (χ0) is 15.6. The Balaban J connectivity index is 2.39. The van der Waals surface area contributed by atoms with Crippen LogP contribution in [-0.4, -0.2) is 4.98 Å². The van der Waals surface area contributed by atoms with Crippen LogP contribution in [0.1, 0.15) is 5.56 Å². The van der Waals surface area contributed by atoms with E-state index in [0.29, 0.717) is 18.2 Å². The van der Waals surface area contributed by atoms with Gasteiger partial charge in [-0.3, -0.25) is 0 Å². The number of anilines is 3. The van der Waals surface area contributed by atoms with Crippen molar-refractivity contribution in [3.05, 3.63) is 47.5 Å². The zero-order valence-corrected chi connectivity index (χ0v) is 10.3. The number of hydrazine groups is 1. The molecule has 112 valence electrons. The molecule has 0 fully saturated rings. The summed E-state index contributed by atoms with van der Waals surface area (Å²) >= 11 is 0. The van der Waals surface area contributed by atoms with Crippen LogP contribution in [0.5, 0.6) is 0 Å². The van der Waals surface area contributed by atoms with Crippen LogP contribution in [0.2, 0.25) is 0 Å². The molecule has 1 aromatic carbocycles. The van der Waals surface area contributed by atoms with Crippen molar-refractivity contribution in [2.24, 2.45) is 5.84 Å². The third kappa shape index (κ3) is 3.78. The molecule has 0 spiro atoms. The first-order chi connectivity index (χ1) is 9.77. The number of halogens is 5. The van der Waals surface area contributed by atoms with Gasteiger partial charge in [0.2, 0.25) is 0 Å². The second kappa shape index (κ2) is 5.52. The van der Waals surface area contributed by atoms with Crippen molar-refractivity contribution in [2.45, 2.75) is 6.18 Å². The van der Waals surface area contributed by atoms with E-state index in [0.717, 1.165) is 12.1 Å². The van der Waals surface area contributed by atoms with E-state index in [-0.39, 0.29) is 17.3 Å². The molecule has 0 unspecified atom stereocenters. The highest BCUT2D eigenvalue weighted by Crippen LogP contribution is 2.32. The number of nitrogen functional groups attached to an aromatic ring is 1. The number of hydrogen-bond acceptors (Lipinski definition) is 4. The minimum Gasteiger partial charge on any atom is -0.340 e. The number of nitrogens with two attached hydrogens (primary N) is 1. The molecule has 0 amide bonds. The Kier molecular flexibility index (Phi) is 3.94. The van der Waals surface area contributed by atoms with Crippen molar-refractivity contribution in [2.75, 3.05) is 10.7 Å². The van der Waals surface area contributed by atoms with Crippen molar-refractivity contribution in [3.8, 4) is 0 Å². The zero-order valence-electron chi connectivity index (χ0n) is 10.3. The summed E-state index contributed by atoms with van der Waals surface area (Å²) in [6.07, 6.45) is -4.61. The van der Waals surface area contributed by atoms with Gasteiger partial charge in [-0.05, 0) is 24.3 Å². The highest BCUT2D eigenvalue weighted by molar-refractivity contribution is 5.59. The molecule has 0 bridgehead atoms. The summed E-state index contributed by atoms with van der Waals surface area (Å²) in [6.45, 7) is 0. The molecule has 0 aliphatic carbocycles. The van der Waals surface area contributed by atoms with Gasteiger partial charge >= 0.3 is 6.18 Å². The molecule has 0 aliphatic rings. The predicted molar refractivity (Wildman–Crippen MR) is 66.7 cm³/mol. The van der Waals surface area contributed by atoms with Gasteiger partial charge in [0.05, 0.1) is 5.56 Å². The second-order valence-corrected chi connectivity index (χ2v) is 4.05. The number of hydrogen-bond donors (Lipinski definition) is 3.